The summed E-state index contributed by atoms with van der Waals surface area (Å²) >= 11 is 0. The normalized spacial score (nSPS) is 10.4. The number of benzene rings is 2. The number of aryl methyl sites for hydroxylation is 1. The molecule has 0 saturated heterocycles. The monoisotopic (exact) mass is 376 g/mol. The summed E-state index contributed by atoms with van der Waals surface area (Å²) in [6, 6.07) is 13.3. The summed E-state index contributed by atoms with van der Waals surface area (Å²) in [5.74, 6) is -0.0239. The van der Waals surface area contributed by atoms with Crippen molar-refractivity contribution in [1.82, 2.24) is 4.98 Å². The molecule has 5 heteroatoms. The Balaban J connectivity index is 1.86. The molecule has 0 spiro atoms. The van der Waals surface area contributed by atoms with Gasteiger partial charge in [-0.3, -0.25) is 4.79 Å². The molecule has 0 radical (unpaired) electrons. The average Bonchev–Trinajstić information content (AvgIpc) is 2.68. The molecular weight excluding hydrogens is 355 g/mol. The van der Waals surface area contributed by atoms with Crippen LogP contribution in [-0.2, 0) is 0 Å². The van der Waals surface area contributed by atoms with E-state index < -0.39 is 11.7 Å². The number of ether oxygens (including phenoxy) is 1. The van der Waals surface area contributed by atoms with Gasteiger partial charge in [-0.1, -0.05) is 18.7 Å². The number of rotatable bonds is 5. The van der Waals surface area contributed by atoms with E-state index in [1.165, 1.54) is 18.2 Å². The van der Waals surface area contributed by atoms with E-state index in [1.54, 1.807) is 25.4 Å². The number of allylic oxidation sites excluding steroid dienone is 1. The van der Waals surface area contributed by atoms with Gasteiger partial charge in [0.05, 0.1) is 12.7 Å². The van der Waals surface area contributed by atoms with Crippen molar-refractivity contribution >= 4 is 17.3 Å². The first-order valence-corrected chi connectivity index (χ1v) is 8.77. The Hall–Kier alpha value is -3.47. The van der Waals surface area contributed by atoms with Crippen molar-refractivity contribution in [3.63, 3.8) is 0 Å². The van der Waals surface area contributed by atoms with Gasteiger partial charge in [0.15, 0.2) is 0 Å². The molecule has 28 heavy (non-hydrogen) atoms. The van der Waals surface area contributed by atoms with Crippen molar-refractivity contribution in [2.75, 3.05) is 12.4 Å². The van der Waals surface area contributed by atoms with Crippen molar-refractivity contribution in [2.24, 2.45) is 0 Å². The summed E-state index contributed by atoms with van der Waals surface area (Å²) in [5, 5.41) is 2.61. The van der Waals surface area contributed by atoms with E-state index in [9.17, 15) is 9.18 Å². The second-order valence-corrected chi connectivity index (χ2v) is 6.51. The number of nitrogens with one attached hydrogen (secondary N) is 1. The summed E-state index contributed by atoms with van der Waals surface area (Å²) in [7, 11) is 1.63. The van der Waals surface area contributed by atoms with Crippen LogP contribution in [0.1, 0.15) is 28.4 Å². The Morgan fingerprint density at radius 1 is 1.14 bits per heavy atom. The molecule has 0 unspecified atom stereocenters. The van der Waals surface area contributed by atoms with Crippen LogP contribution in [0.25, 0.3) is 16.7 Å². The molecule has 0 aliphatic carbocycles. The van der Waals surface area contributed by atoms with Crippen LogP contribution in [0.2, 0.25) is 0 Å². The predicted octanol–water partition coefficient (Wildman–Crippen LogP) is 5.49. The van der Waals surface area contributed by atoms with Gasteiger partial charge in [0.1, 0.15) is 17.4 Å². The fourth-order valence-corrected chi connectivity index (χ4v) is 2.96. The maximum absolute atomic E-state index is 13.7. The summed E-state index contributed by atoms with van der Waals surface area (Å²) in [5.41, 5.74) is 4.78. The largest absolute Gasteiger partial charge is 0.496 e. The lowest BCUT2D eigenvalue weighted by Crippen LogP contribution is -2.14. The molecule has 3 rings (SSSR count). The van der Waals surface area contributed by atoms with Crippen LogP contribution >= 0.6 is 0 Å². The second-order valence-electron chi connectivity index (χ2n) is 6.51. The molecular formula is C23H21FN2O2. The first kappa shape index (κ1) is 19.3. The zero-order valence-electron chi connectivity index (χ0n) is 16.0. The van der Waals surface area contributed by atoms with Crippen molar-refractivity contribution in [3.8, 4) is 16.9 Å². The number of aromatic nitrogens is 1. The highest BCUT2D eigenvalue weighted by atomic mass is 19.1. The van der Waals surface area contributed by atoms with Crippen LogP contribution in [0.4, 0.5) is 10.2 Å². The first-order valence-electron chi connectivity index (χ1n) is 8.77. The van der Waals surface area contributed by atoms with Gasteiger partial charge >= 0.3 is 0 Å². The molecule has 0 saturated carbocycles. The van der Waals surface area contributed by atoms with E-state index in [0.29, 0.717) is 5.82 Å². The molecule has 1 amide bonds. The number of amides is 1. The standard InChI is InChI=1S/C23H21FN2O2/c1-14(2)18-11-15(3)19(12-21(18)28-4)16-9-10-22(25-13-16)26-23(27)17-7-5-6-8-20(17)24/h5-13H,1H2,2-4H3,(H,25,26,27). The molecule has 2 aromatic carbocycles. The maximum atomic E-state index is 13.7. The van der Waals surface area contributed by atoms with Gasteiger partial charge in [0.25, 0.3) is 5.91 Å². The summed E-state index contributed by atoms with van der Waals surface area (Å²) in [4.78, 5) is 16.5. The van der Waals surface area contributed by atoms with Gasteiger partial charge in [-0.25, -0.2) is 9.37 Å². The number of nitrogens with zero attached hydrogens (tertiary/aromatic N) is 1. The number of carbonyl (C=O) groups excluding carboxylic acids is 1. The third kappa shape index (κ3) is 3.93. The summed E-state index contributed by atoms with van der Waals surface area (Å²) in [6.07, 6.45) is 1.67. The van der Waals surface area contributed by atoms with E-state index in [4.69, 9.17) is 4.74 Å². The van der Waals surface area contributed by atoms with E-state index >= 15 is 0 Å². The van der Waals surface area contributed by atoms with Crippen LogP contribution in [0, 0.1) is 12.7 Å². The highest BCUT2D eigenvalue weighted by Gasteiger charge is 2.13. The molecule has 1 heterocycles. The predicted molar refractivity (Wildman–Crippen MR) is 110 cm³/mol. The van der Waals surface area contributed by atoms with Crippen LogP contribution < -0.4 is 10.1 Å². The molecule has 4 nitrogen and oxygen atoms in total. The molecule has 0 bridgehead atoms. The quantitative estimate of drug-likeness (QED) is 0.640. The fraction of sp³-hybridized carbons (Fsp3) is 0.130. The van der Waals surface area contributed by atoms with E-state index in [-0.39, 0.29) is 5.56 Å². The van der Waals surface area contributed by atoms with Gasteiger partial charge < -0.3 is 10.1 Å². The van der Waals surface area contributed by atoms with E-state index in [2.05, 4.69) is 16.9 Å². The van der Waals surface area contributed by atoms with E-state index in [1.807, 2.05) is 32.0 Å². The van der Waals surface area contributed by atoms with Gasteiger partial charge in [0, 0.05) is 17.3 Å². The number of hydrogen-bond donors (Lipinski definition) is 1. The molecule has 0 aliphatic heterocycles. The first-order chi connectivity index (χ1) is 13.4. The smallest absolute Gasteiger partial charge is 0.259 e. The third-order valence-electron chi connectivity index (χ3n) is 4.44. The Labute approximate surface area is 163 Å². The molecule has 0 atom stereocenters. The fourth-order valence-electron chi connectivity index (χ4n) is 2.96. The number of methoxy groups -OCH3 is 1. The van der Waals surface area contributed by atoms with Crippen LogP contribution in [0.3, 0.4) is 0 Å². The Morgan fingerprint density at radius 2 is 1.89 bits per heavy atom. The Kier molecular flexibility index (Phi) is 5.54. The number of hydrogen-bond acceptors (Lipinski definition) is 3. The molecule has 3 aromatic rings. The van der Waals surface area contributed by atoms with Crippen LogP contribution in [0.5, 0.6) is 5.75 Å². The van der Waals surface area contributed by atoms with Crippen LogP contribution in [-0.4, -0.2) is 18.0 Å². The lowest BCUT2D eigenvalue weighted by molar-refractivity contribution is 0.102. The molecule has 0 fully saturated rings. The van der Waals surface area contributed by atoms with Gasteiger partial charge in [-0.2, -0.15) is 0 Å². The molecule has 142 valence electrons. The highest BCUT2D eigenvalue weighted by molar-refractivity contribution is 6.04. The zero-order chi connectivity index (χ0) is 20.3. The van der Waals surface area contributed by atoms with Crippen molar-refractivity contribution in [2.45, 2.75) is 13.8 Å². The summed E-state index contributed by atoms with van der Waals surface area (Å²) in [6.45, 7) is 7.93. The SMILES string of the molecule is C=C(C)c1cc(C)c(-c2ccc(NC(=O)c3ccccc3F)nc2)cc1OC. The minimum Gasteiger partial charge on any atom is -0.496 e. The van der Waals surface area contributed by atoms with Crippen molar-refractivity contribution in [1.29, 1.82) is 0 Å². The molecule has 1 N–H and O–H groups in total. The zero-order valence-corrected chi connectivity index (χ0v) is 16.0. The van der Waals surface area contributed by atoms with Crippen molar-refractivity contribution in [3.05, 3.63) is 83.8 Å². The maximum Gasteiger partial charge on any atom is 0.259 e. The lowest BCUT2D eigenvalue weighted by atomic mass is 9.96. The van der Waals surface area contributed by atoms with Gasteiger partial charge in [-0.15, -0.1) is 0 Å². The summed E-state index contributed by atoms with van der Waals surface area (Å²) < 4.78 is 19.2. The van der Waals surface area contributed by atoms with Gasteiger partial charge in [-0.05, 0) is 66.9 Å². The number of carbonyl (C=O) groups is 1. The molecule has 1 aromatic heterocycles. The average molecular weight is 376 g/mol. The van der Waals surface area contributed by atoms with Crippen LogP contribution in [0.15, 0.2) is 61.3 Å². The number of pyridine rings is 1. The molecule has 0 aliphatic rings. The lowest BCUT2D eigenvalue weighted by Gasteiger charge is -2.14. The minimum atomic E-state index is -0.572. The van der Waals surface area contributed by atoms with E-state index in [0.717, 1.165) is 33.6 Å². The second kappa shape index (κ2) is 8.05. The number of halogens is 1. The minimum absolute atomic E-state index is 0.0238. The van der Waals surface area contributed by atoms with Crippen molar-refractivity contribution < 1.29 is 13.9 Å². The third-order valence-corrected chi connectivity index (χ3v) is 4.44. The Bertz CT molecular complexity index is 1040. The van der Waals surface area contributed by atoms with Gasteiger partial charge in [0.2, 0.25) is 0 Å². The highest BCUT2D eigenvalue weighted by Crippen LogP contribution is 2.33. The number of anilines is 1. The topological polar surface area (TPSA) is 51.2 Å². The Morgan fingerprint density at radius 3 is 2.50 bits per heavy atom.